The summed E-state index contributed by atoms with van der Waals surface area (Å²) in [6, 6.07) is 0. The van der Waals surface area contributed by atoms with Crippen LogP contribution in [0.1, 0.15) is 6.17 Å². The SMILES string of the molecule is FC(F)(F)N1C=CC=CC1n1ncc2cncnc21. The van der Waals surface area contributed by atoms with Crippen LogP contribution in [0.2, 0.25) is 0 Å². The summed E-state index contributed by atoms with van der Waals surface area (Å²) in [6.07, 6.45) is 3.89. The summed E-state index contributed by atoms with van der Waals surface area (Å²) in [4.78, 5) is 8.04. The molecule has 3 rings (SSSR count). The lowest BCUT2D eigenvalue weighted by molar-refractivity contribution is -0.243. The van der Waals surface area contributed by atoms with E-state index in [-0.39, 0.29) is 4.90 Å². The number of hydrogen-bond acceptors (Lipinski definition) is 4. The first-order valence-electron chi connectivity index (χ1n) is 5.41. The molecule has 1 unspecified atom stereocenters. The molecule has 2 aromatic heterocycles. The zero-order valence-electron chi connectivity index (χ0n) is 9.49. The number of fused-ring (bicyclic) bond motifs is 1. The molecule has 0 spiro atoms. The van der Waals surface area contributed by atoms with E-state index in [1.165, 1.54) is 35.6 Å². The van der Waals surface area contributed by atoms with Crippen LogP contribution in [0.5, 0.6) is 0 Å². The van der Waals surface area contributed by atoms with Crippen molar-refractivity contribution in [3.8, 4) is 0 Å². The Morgan fingerprint density at radius 3 is 2.79 bits per heavy atom. The summed E-state index contributed by atoms with van der Waals surface area (Å²) in [7, 11) is 0. The smallest absolute Gasteiger partial charge is 0.265 e. The Balaban J connectivity index is 2.09. The molecule has 1 aliphatic rings. The van der Waals surface area contributed by atoms with Crippen LogP contribution in [0, 0.1) is 0 Å². The molecule has 0 N–H and O–H groups in total. The highest BCUT2D eigenvalue weighted by Crippen LogP contribution is 2.32. The van der Waals surface area contributed by atoms with E-state index in [1.807, 2.05) is 0 Å². The van der Waals surface area contributed by atoms with E-state index in [0.717, 1.165) is 6.20 Å². The summed E-state index contributed by atoms with van der Waals surface area (Å²) in [6.45, 7) is 0. The van der Waals surface area contributed by atoms with Gasteiger partial charge in [0, 0.05) is 12.4 Å². The molecule has 0 amide bonds. The molecule has 1 aliphatic heterocycles. The van der Waals surface area contributed by atoms with Gasteiger partial charge in [0.2, 0.25) is 0 Å². The number of alkyl halides is 3. The van der Waals surface area contributed by atoms with Gasteiger partial charge in [0.05, 0.1) is 11.6 Å². The van der Waals surface area contributed by atoms with Crippen LogP contribution >= 0.6 is 0 Å². The van der Waals surface area contributed by atoms with Gasteiger partial charge in [0.15, 0.2) is 11.8 Å². The lowest BCUT2D eigenvalue weighted by atomic mass is 10.3. The molecular formula is C11H8F3N5. The van der Waals surface area contributed by atoms with E-state index >= 15 is 0 Å². The lowest BCUT2D eigenvalue weighted by Gasteiger charge is -2.31. The van der Waals surface area contributed by atoms with Crippen molar-refractivity contribution in [2.24, 2.45) is 0 Å². The van der Waals surface area contributed by atoms with E-state index in [9.17, 15) is 13.2 Å². The molecule has 1 atom stereocenters. The summed E-state index contributed by atoms with van der Waals surface area (Å²) in [5.74, 6) is 0. The fourth-order valence-corrected chi connectivity index (χ4v) is 1.91. The molecule has 19 heavy (non-hydrogen) atoms. The predicted octanol–water partition coefficient (Wildman–Crippen LogP) is 2.23. The van der Waals surface area contributed by atoms with Gasteiger partial charge in [-0.1, -0.05) is 6.08 Å². The largest absolute Gasteiger partial charge is 0.486 e. The highest BCUT2D eigenvalue weighted by Gasteiger charge is 2.41. The Bertz CT molecular complexity index is 658. The predicted molar refractivity (Wildman–Crippen MR) is 60.5 cm³/mol. The van der Waals surface area contributed by atoms with Gasteiger partial charge in [-0.2, -0.15) is 18.3 Å². The fourth-order valence-electron chi connectivity index (χ4n) is 1.91. The van der Waals surface area contributed by atoms with Crippen LogP contribution in [0.25, 0.3) is 11.0 Å². The molecule has 0 saturated heterocycles. The Hall–Kier alpha value is -2.38. The molecule has 0 aromatic carbocycles. The lowest BCUT2D eigenvalue weighted by Crippen LogP contribution is -2.39. The van der Waals surface area contributed by atoms with Crippen LogP contribution in [-0.2, 0) is 0 Å². The number of halogens is 3. The van der Waals surface area contributed by atoms with E-state index in [4.69, 9.17) is 0 Å². The van der Waals surface area contributed by atoms with Gasteiger partial charge in [0.25, 0.3) is 0 Å². The summed E-state index contributed by atoms with van der Waals surface area (Å²) in [5, 5.41) is 4.56. The van der Waals surface area contributed by atoms with Gasteiger partial charge < -0.3 is 0 Å². The zero-order valence-corrected chi connectivity index (χ0v) is 9.49. The molecule has 0 aliphatic carbocycles. The van der Waals surface area contributed by atoms with Crippen molar-refractivity contribution >= 4 is 11.0 Å². The third kappa shape index (κ3) is 1.94. The molecule has 3 heterocycles. The molecule has 5 nitrogen and oxygen atoms in total. The van der Waals surface area contributed by atoms with Crippen molar-refractivity contribution in [3.63, 3.8) is 0 Å². The van der Waals surface area contributed by atoms with Crippen molar-refractivity contribution in [2.75, 3.05) is 0 Å². The van der Waals surface area contributed by atoms with E-state index in [0.29, 0.717) is 11.0 Å². The van der Waals surface area contributed by atoms with Crippen LogP contribution in [0.3, 0.4) is 0 Å². The van der Waals surface area contributed by atoms with Gasteiger partial charge >= 0.3 is 6.30 Å². The van der Waals surface area contributed by atoms with Crippen molar-refractivity contribution in [3.05, 3.63) is 43.1 Å². The summed E-state index contributed by atoms with van der Waals surface area (Å²) >= 11 is 0. The van der Waals surface area contributed by atoms with Gasteiger partial charge in [-0.15, -0.1) is 0 Å². The van der Waals surface area contributed by atoms with Gasteiger partial charge in [-0.3, -0.25) is 4.90 Å². The minimum Gasteiger partial charge on any atom is -0.265 e. The molecule has 0 saturated carbocycles. The number of allylic oxidation sites excluding steroid dienone is 2. The number of nitrogens with zero attached hydrogens (tertiary/aromatic N) is 5. The number of aromatic nitrogens is 4. The Labute approximate surface area is 105 Å². The fraction of sp³-hybridized carbons (Fsp3) is 0.182. The summed E-state index contributed by atoms with van der Waals surface area (Å²) < 4.78 is 40.1. The maximum absolute atomic E-state index is 13.0. The standard InChI is InChI=1S/C11H8F3N5/c12-11(13,14)18-4-2-1-3-9(18)19-10-8(6-17-19)5-15-7-16-10/h1-7,9H. The normalized spacial score (nSPS) is 19.3. The minimum atomic E-state index is -4.49. The first kappa shape index (κ1) is 11.7. The van der Waals surface area contributed by atoms with Crippen LogP contribution in [0.15, 0.2) is 43.1 Å². The first-order chi connectivity index (χ1) is 9.07. The molecule has 0 bridgehead atoms. The number of hydrogen-bond donors (Lipinski definition) is 0. The van der Waals surface area contributed by atoms with E-state index in [2.05, 4.69) is 15.1 Å². The quantitative estimate of drug-likeness (QED) is 0.743. The summed E-state index contributed by atoms with van der Waals surface area (Å²) in [5.41, 5.74) is 0.356. The first-order valence-corrected chi connectivity index (χ1v) is 5.41. The van der Waals surface area contributed by atoms with E-state index < -0.39 is 12.5 Å². The third-order valence-corrected chi connectivity index (χ3v) is 2.73. The number of rotatable bonds is 1. The second-order valence-corrected chi connectivity index (χ2v) is 3.91. The second-order valence-electron chi connectivity index (χ2n) is 3.91. The van der Waals surface area contributed by atoms with E-state index in [1.54, 1.807) is 6.08 Å². The molecule has 0 fully saturated rings. The Morgan fingerprint density at radius 2 is 2.00 bits per heavy atom. The van der Waals surface area contributed by atoms with Crippen molar-refractivity contribution in [1.82, 2.24) is 24.6 Å². The average molecular weight is 267 g/mol. The molecule has 0 radical (unpaired) electrons. The maximum atomic E-state index is 13.0. The molecule has 2 aromatic rings. The van der Waals surface area contributed by atoms with Gasteiger partial charge in [0.1, 0.15) is 6.33 Å². The van der Waals surface area contributed by atoms with Crippen molar-refractivity contribution < 1.29 is 13.2 Å². The van der Waals surface area contributed by atoms with Crippen LogP contribution in [-0.4, -0.2) is 30.9 Å². The second kappa shape index (κ2) is 4.08. The third-order valence-electron chi connectivity index (χ3n) is 2.73. The van der Waals surface area contributed by atoms with Crippen molar-refractivity contribution in [1.29, 1.82) is 0 Å². The monoisotopic (exact) mass is 267 g/mol. The van der Waals surface area contributed by atoms with Crippen LogP contribution < -0.4 is 0 Å². The zero-order chi connectivity index (χ0) is 13.5. The van der Waals surface area contributed by atoms with Crippen molar-refractivity contribution in [2.45, 2.75) is 12.5 Å². The highest BCUT2D eigenvalue weighted by molar-refractivity contribution is 5.73. The van der Waals surface area contributed by atoms with Gasteiger partial charge in [-0.05, 0) is 12.2 Å². The van der Waals surface area contributed by atoms with Gasteiger partial charge in [-0.25, -0.2) is 14.6 Å². The average Bonchev–Trinajstić information content (AvgIpc) is 2.81. The highest BCUT2D eigenvalue weighted by atomic mass is 19.4. The molecule has 8 heteroatoms. The Kier molecular flexibility index (Phi) is 2.51. The topological polar surface area (TPSA) is 46.8 Å². The maximum Gasteiger partial charge on any atom is 0.486 e. The van der Waals surface area contributed by atoms with Crippen LogP contribution in [0.4, 0.5) is 13.2 Å². The molecular weight excluding hydrogens is 259 g/mol. The Morgan fingerprint density at radius 1 is 1.16 bits per heavy atom. The minimum absolute atomic E-state index is 0.265. The molecule has 98 valence electrons.